The smallest absolute Gasteiger partial charge is 0.227 e. The number of nitrogens with one attached hydrogen (secondary N) is 4. The summed E-state index contributed by atoms with van der Waals surface area (Å²) in [7, 11) is 0. The number of tetrazole rings is 1. The van der Waals surface area contributed by atoms with E-state index in [0.717, 1.165) is 82.9 Å². The Labute approximate surface area is 307 Å². The quantitative estimate of drug-likeness (QED) is 0.109. The number of aliphatic hydroxyl groups is 2. The second-order valence-corrected chi connectivity index (χ2v) is 15.1. The van der Waals surface area contributed by atoms with E-state index in [0.29, 0.717) is 47.5 Å². The van der Waals surface area contributed by atoms with E-state index in [1.54, 1.807) is 17.1 Å². The Hall–Kier alpha value is -4.30. The van der Waals surface area contributed by atoms with Gasteiger partial charge in [-0.15, -0.1) is 10.2 Å². The third-order valence-corrected chi connectivity index (χ3v) is 11.2. The molecule has 4 fully saturated rings. The third-order valence-electron chi connectivity index (χ3n) is 11.2. The molecule has 19 heteroatoms. The van der Waals surface area contributed by atoms with E-state index in [2.05, 4.69) is 41.7 Å². The summed E-state index contributed by atoms with van der Waals surface area (Å²) in [5.74, 6) is 2.74. The van der Waals surface area contributed by atoms with Crippen molar-refractivity contribution >= 4 is 34.7 Å². The largest absolute Gasteiger partial charge is 0.387 e. The highest BCUT2D eigenvalue weighted by atomic mass is 16.6. The minimum atomic E-state index is -1.29. The molecule has 0 amide bonds. The molecular formula is C34H52N16O3. The molecule has 4 aromatic heterocycles. The zero-order valence-electron chi connectivity index (χ0n) is 30.1. The van der Waals surface area contributed by atoms with Crippen LogP contribution in [0.4, 0.5) is 23.5 Å². The lowest BCUT2D eigenvalue weighted by atomic mass is 9.91. The van der Waals surface area contributed by atoms with E-state index in [1.807, 2.05) is 13.0 Å². The van der Waals surface area contributed by atoms with E-state index < -0.39 is 24.5 Å². The number of nitrogens with two attached hydrogens (primary N) is 2. The van der Waals surface area contributed by atoms with Crippen LogP contribution in [0.3, 0.4) is 0 Å². The number of ether oxygens (including phenoxy) is 1. The van der Waals surface area contributed by atoms with Crippen LogP contribution in [0.15, 0.2) is 18.6 Å². The predicted octanol–water partition coefficient (Wildman–Crippen LogP) is 1.81. The molecule has 0 spiro atoms. The molecule has 0 bridgehead atoms. The van der Waals surface area contributed by atoms with Crippen molar-refractivity contribution in [2.45, 2.75) is 151 Å². The Bertz CT molecular complexity index is 1810. The van der Waals surface area contributed by atoms with Gasteiger partial charge in [-0.3, -0.25) is 4.57 Å². The van der Waals surface area contributed by atoms with Crippen LogP contribution in [-0.2, 0) is 11.3 Å². The Balaban J connectivity index is 0.965. The molecule has 4 aromatic rings. The summed E-state index contributed by atoms with van der Waals surface area (Å²) in [6, 6.07) is 3.40. The maximum absolute atomic E-state index is 11.2. The highest BCUT2D eigenvalue weighted by Crippen LogP contribution is 2.39. The standard InChI is InChI=1S/C34H52N16O3/c1-2-50-47-30(46-48-50)28-26(51)27(52)32(53-28)49-17-38-25-29(44-34(45-31(25)49)42-23-9-5-19(36)6-10-23)40-21-13-11-20(12-14-21)39-24-15-16-37-33(43-24)41-22-7-3-18(35)4-8-22/h15-23,26-28,32,51-52H,2-14,35-36H2,1H3,(H2,37,39,41,43)(H2,40,42,44,45)/t18-,19-,20-,21-,22-,23-,26-,27+,28+,32-/m1/s1. The summed E-state index contributed by atoms with van der Waals surface area (Å²) in [5, 5.41) is 48.8. The number of aryl methyl sites for hydroxylation is 1. The van der Waals surface area contributed by atoms with Crippen LogP contribution in [0.25, 0.3) is 11.2 Å². The van der Waals surface area contributed by atoms with Crippen molar-refractivity contribution in [2.75, 3.05) is 21.3 Å². The first kappa shape index (κ1) is 35.7. The first-order valence-electron chi connectivity index (χ1n) is 19.2. The van der Waals surface area contributed by atoms with E-state index in [1.165, 1.54) is 4.80 Å². The number of aromatic nitrogens is 10. The van der Waals surface area contributed by atoms with Gasteiger partial charge in [0.15, 0.2) is 29.3 Å². The van der Waals surface area contributed by atoms with Crippen LogP contribution in [0.5, 0.6) is 0 Å². The zero-order chi connectivity index (χ0) is 36.5. The predicted molar refractivity (Wildman–Crippen MR) is 197 cm³/mol. The molecule has 3 aliphatic carbocycles. The van der Waals surface area contributed by atoms with Crippen LogP contribution in [0.2, 0.25) is 0 Å². The molecule has 8 rings (SSSR count). The molecule has 3 saturated carbocycles. The Morgan fingerprint density at radius 3 is 2.04 bits per heavy atom. The number of aliphatic hydroxyl groups excluding tert-OH is 2. The van der Waals surface area contributed by atoms with E-state index in [-0.39, 0.29) is 30.0 Å². The van der Waals surface area contributed by atoms with Crippen molar-refractivity contribution < 1.29 is 14.9 Å². The van der Waals surface area contributed by atoms with Crippen LogP contribution in [0, 0.1) is 0 Å². The first-order valence-corrected chi connectivity index (χ1v) is 19.2. The lowest BCUT2D eigenvalue weighted by Gasteiger charge is -2.31. The van der Waals surface area contributed by atoms with Crippen LogP contribution in [-0.4, -0.2) is 108 Å². The fraction of sp³-hybridized carbons (Fsp3) is 0.706. The number of hydrogen-bond donors (Lipinski definition) is 8. The van der Waals surface area contributed by atoms with Crippen molar-refractivity contribution in [3.8, 4) is 0 Å². The number of imidazole rings is 1. The lowest BCUT2D eigenvalue weighted by molar-refractivity contribution is -0.0384. The number of fused-ring (bicyclic) bond motifs is 1. The monoisotopic (exact) mass is 732 g/mol. The molecule has 286 valence electrons. The average molecular weight is 733 g/mol. The summed E-state index contributed by atoms with van der Waals surface area (Å²) in [4.78, 5) is 25.1. The Morgan fingerprint density at radius 2 is 1.38 bits per heavy atom. The van der Waals surface area contributed by atoms with Gasteiger partial charge in [-0.2, -0.15) is 19.7 Å². The van der Waals surface area contributed by atoms with Crippen molar-refractivity contribution in [2.24, 2.45) is 11.5 Å². The summed E-state index contributed by atoms with van der Waals surface area (Å²) in [6.07, 6.45) is 10.4. The third kappa shape index (κ3) is 7.98. The number of nitrogens with zero attached hydrogens (tertiary/aromatic N) is 10. The highest BCUT2D eigenvalue weighted by molar-refractivity contribution is 5.84. The van der Waals surface area contributed by atoms with Crippen molar-refractivity contribution in [3.63, 3.8) is 0 Å². The fourth-order valence-corrected chi connectivity index (χ4v) is 8.06. The molecule has 0 radical (unpaired) electrons. The van der Waals surface area contributed by atoms with Gasteiger partial charge in [-0.1, -0.05) is 0 Å². The van der Waals surface area contributed by atoms with Gasteiger partial charge in [0.2, 0.25) is 17.7 Å². The number of hydrogen-bond acceptors (Lipinski definition) is 17. The van der Waals surface area contributed by atoms with Crippen molar-refractivity contribution in [1.29, 1.82) is 0 Å². The van der Waals surface area contributed by atoms with Crippen molar-refractivity contribution in [3.05, 3.63) is 24.4 Å². The summed E-state index contributed by atoms with van der Waals surface area (Å²) < 4.78 is 7.84. The van der Waals surface area contributed by atoms with Gasteiger partial charge in [0.05, 0.1) is 12.9 Å². The summed E-state index contributed by atoms with van der Waals surface area (Å²) in [6.45, 7) is 2.40. The molecule has 1 saturated heterocycles. The molecule has 10 N–H and O–H groups in total. The molecular weight excluding hydrogens is 680 g/mol. The van der Waals surface area contributed by atoms with Gasteiger partial charge in [0.25, 0.3) is 0 Å². The Morgan fingerprint density at radius 1 is 0.755 bits per heavy atom. The molecule has 4 atom stereocenters. The maximum Gasteiger partial charge on any atom is 0.227 e. The van der Waals surface area contributed by atoms with E-state index >= 15 is 0 Å². The molecule has 1 aliphatic heterocycles. The highest BCUT2D eigenvalue weighted by Gasteiger charge is 2.47. The van der Waals surface area contributed by atoms with Crippen molar-refractivity contribution in [1.82, 2.24) is 49.7 Å². The summed E-state index contributed by atoms with van der Waals surface area (Å²) in [5.41, 5.74) is 13.3. The minimum Gasteiger partial charge on any atom is -0.387 e. The number of rotatable bonds is 11. The SMILES string of the molecule is CCn1nnc([C@H]2O[C@@H](n3cnc4c(N[C@H]5CC[C@H](Nc6ccnc(N[C@H]7CC[C@H](N)CC7)n6)CC5)nc(N[C@H]5CC[C@H](N)CC5)nc43)[C@@H](O)[C@H]2O)n1. The first-order chi connectivity index (χ1) is 25.8. The Kier molecular flexibility index (Phi) is 10.5. The maximum atomic E-state index is 11.2. The van der Waals surface area contributed by atoms with Gasteiger partial charge in [0, 0.05) is 42.4 Å². The van der Waals surface area contributed by atoms with Gasteiger partial charge in [0.1, 0.15) is 18.0 Å². The second-order valence-electron chi connectivity index (χ2n) is 15.1. The van der Waals surface area contributed by atoms with Crippen LogP contribution < -0.4 is 32.7 Å². The fourth-order valence-electron chi connectivity index (χ4n) is 8.06. The molecule has 0 unspecified atom stereocenters. The van der Waals surface area contributed by atoms with Gasteiger partial charge in [-0.05, 0) is 95.3 Å². The lowest BCUT2D eigenvalue weighted by Crippen LogP contribution is -2.34. The normalized spacial score (nSPS) is 32.1. The number of anilines is 4. The molecule has 19 nitrogen and oxygen atoms in total. The van der Waals surface area contributed by atoms with Gasteiger partial charge in [-0.25, -0.2) is 9.97 Å². The minimum absolute atomic E-state index is 0.156. The van der Waals surface area contributed by atoms with E-state index in [4.69, 9.17) is 36.1 Å². The van der Waals surface area contributed by atoms with Gasteiger partial charge >= 0.3 is 0 Å². The van der Waals surface area contributed by atoms with Crippen LogP contribution >= 0.6 is 0 Å². The zero-order valence-corrected chi connectivity index (χ0v) is 30.1. The van der Waals surface area contributed by atoms with Gasteiger partial charge < -0.3 is 47.7 Å². The molecule has 5 heterocycles. The van der Waals surface area contributed by atoms with E-state index in [9.17, 15) is 10.2 Å². The molecule has 53 heavy (non-hydrogen) atoms. The topological polar surface area (TPSA) is 263 Å². The molecule has 4 aliphatic rings. The summed E-state index contributed by atoms with van der Waals surface area (Å²) >= 11 is 0. The van der Waals surface area contributed by atoms with Crippen LogP contribution in [0.1, 0.15) is 102 Å². The molecule has 0 aromatic carbocycles. The average Bonchev–Trinajstić information content (AvgIpc) is 3.89. The second kappa shape index (κ2) is 15.6.